The Bertz CT molecular complexity index is 973. The zero-order chi connectivity index (χ0) is 20.2. The van der Waals surface area contributed by atoms with Crippen LogP contribution in [0.3, 0.4) is 0 Å². The van der Waals surface area contributed by atoms with Gasteiger partial charge in [-0.05, 0) is 25.0 Å². The van der Waals surface area contributed by atoms with Crippen molar-refractivity contribution >= 4 is 23.4 Å². The summed E-state index contributed by atoms with van der Waals surface area (Å²) in [6.45, 7) is 0. The molecule has 9 nitrogen and oxygen atoms in total. The zero-order valence-electron chi connectivity index (χ0n) is 15.8. The molecule has 0 bridgehead atoms. The molecule has 2 heterocycles. The van der Waals surface area contributed by atoms with Gasteiger partial charge in [0.05, 0.1) is 0 Å². The molecule has 1 saturated carbocycles. The monoisotopic (exact) mass is 393 g/mol. The molecule has 2 atom stereocenters. The molecule has 0 spiro atoms. The Labute approximate surface area is 167 Å². The molecule has 9 heteroatoms. The molecular formula is C20H23N7O2. The number of primary amides is 1. The molecule has 2 aromatic heterocycles. The highest BCUT2D eigenvalue weighted by Gasteiger charge is 2.23. The number of hydrogen-bond donors (Lipinski definition) is 4. The number of nitrogens with two attached hydrogens (primary N) is 2. The SMILES string of the molecule is NC(=O)c1cnc(NC2CCCC[C@@H]2N)nc1Nc1ccc(-c2ccon2)cc1. The zero-order valence-corrected chi connectivity index (χ0v) is 15.8. The van der Waals surface area contributed by atoms with E-state index in [0.717, 1.165) is 42.6 Å². The summed E-state index contributed by atoms with van der Waals surface area (Å²) in [7, 11) is 0. The van der Waals surface area contributed by atoms with Crippen molar-refractivity contribution in [3.05, 3.63) is 48.4 Å². The van der Waals surface area contributed by atoms with Gasteiger partial charge in [0.15, 0.2) is 0 Å². The largest absolute Gasteiger partial charge is 0.365 e. The number of nitrogens with one attached hydrogen (secondary N) is 2. The summed E-state index contributed by atoms with van der Waals surface area (Å²) in [5, 5.41) is 10.4. The lowest BCUT2D eigenvalue weighted by molar-refractivity contribution is 0.100. The maximum atomic E-state index is 11.8. The Hall–Kier alpha value is -3.46. The second-order valence-electron chi connectivity index (χ2n) is 7.11. The van der Waals surface area contributed by atoms with E-state index in [1.807, 2.05) is 24.3 Å². The Balaban J connectivity index is 1.55. The number of carbonyl (C=O) groups is 1. The van der Waals surface area contributed by atoms with Gasteiger partial charge in [0, 0.05) is 35.6 Å². The third-order valence-electron chi connectivity index (χ3n) is 5.07. The highest BCUT2D eigenvalue weighted by molar-refractivity contribution is 5.98. The molecule has 1 aliphatic rings. The Morgan fingerprint density at radius 2 is 1.93 bits per heavy atom. The van der Waals surface area contributed by atoms with Crippen molar-refractivity contribution in [2.45, 2.75) is 37.8 Å². The average Bonchev–Trinajstić information content (AvgIpc) is 3.25. The number of hydrogen-bond acceptors (Lipinski definition) is 8. The van der Waals surface area contributed by atoms with Gasteiger partial charge in [-0.2, -0.15) is 4.98 Å². The molecule has 1 aromatic carbocycles. The van der Waals surface area contributed by atoms with E-state index in [9.17, 15) is 4.79 Å². The van der Waals surface area contributed by atoms with Crippen LogP contribution in [0.1, 0.15) is 36.0 Å². The molecule has 0 aliphatic heterocycles. The molecule has 1 fully saturated rings. The van der Waals surface area contributed by atoms with Crippen LogP contribution in [-0.2, 0) is 0 Å². The number of carbonyl (C=O) groups excluding carboxylic acids is 1. The van der Waals surface area contributed by atoms with Crippen molar-refractivity contribution in [2.24, 2.45) is 11.5 Å². The van der Waals surface area contributed by atoms with Gasteiger partial charge < -0.3 is 26.6 Å². The topological polar surface area (TPSA) is 145 Å². The summed E-state index contributed by atoms with van der Waals surface area (Å²) >= 11 is 0. The van der Waals surface area contributed by atoms with Crippen LogP contribution in [0.5, 0.6) is 0 Å². The molecule has 0 saturated heterocycles. The molecule has 29 heavy (non-hydrogen) atoms. The van der Waals surface area contributed by atoms with E-state index in [0.29, 0.717) is 11.8 Å². The Morgan fingerprint density at radius 3 is 2.62 bits per heavy atom. The Morgan fingerprint density at radius 1 is 1.14 bits per heavy atom. The maximum absolute atomic E-state index is 11.8. The van der Waals surface area contributed by atoms with Gasteiger partial charge in [-0.15, -0.1) is 0 Å². The highest BCUT2D eigenvalue weighted by Crippen LogP contribution is 2.25. The number of nitrogens with zero attached hydrogens (tertiary/aromatic N) is 3. The van der Waals surface area contributed by atoms with Crippen LogP contribution in [0, 0.1) is 0 Å². The predicted octanol–water partition coefficient (Wildman–Crippen LogP) is 2.66. The van der Waals surface area contributed by atoms with Crippen LogP contribution >= 0.6 is 0 Å². The first-order chi connectivity index (χ1) is 14.1. The molecule has 4 rings (SSSR count). The van der Waals surface area contributed by atoms with Gasteiger partial charge >= 0.3 is 0 Å². The third kappa shape index (κ3) is 4.35. The van der Waals surface area contributed by atoms with Gasteiger partial charge in [0.25, 0.3) is 5.91 Å². The van der Waals surface area contributed by atoms with Gasteiger partial charge in [-0.25, -0.2) is 4.98 Å². The van der Waals surface area contributed by atoms with Crippen molar-refractivity contribution in [2.75, 3.05) is 10.6 Å². The highest BCUT2D eigenvalue weighted by atomic mass is 16.5. The van der Waals surface area contributed by atoms with E-state index in [1.165, 1.54) is 12.5 Å². The fourth-order valence-electron chi connectivity index (χ4n) is 3.45. The van der Waals surface area contributed by atoms with E-state index in [-0.39, 0.29) is 17.6 Å². The lowest BCUT2D eigenvalue weighted by Gasteiger charge is -2.29. The molecule has 150 valence electrons. The third-order valence-corrected chi connectivity index (χ3v) is 5.07. The maximum Gasteiger partial charge on any atom is 0.254 e. The van der Waals surface area contributed by atoms with Gasteiger partial charge in [-0.3, -0.25) is 4.79 Å². The first-order valence-electron chi connectivity index (χ1n) is 9.57. The van der Waals surface area contributed by atoms with E-state index in [1.54, 1.807) is 6.07 Å². The molecule has 0 radical (unpaired) electrons. The Kier molecular flexibility index (Phi) is 5.39. The second-order valence-corrected chi connectivity index (χ2v) is 7.11. The lowest BCUT2D eigenvalue weighted by Crippen LogP contribution is -2.43. The van der Waals surface area contributed by atoms with Crippen molar-refractivity contribution in [1.29, 1.82) is 0 Å². The molecule has 1 amide bonds. The fraction of sp³-hybridized carbons (Fsp3) is 0.300. The van der Waals surface area contributed by atoms with Gasteiger partial charge in [0.1, 0.15) is 23.3 Å². The minimum absolute atomic E-state index is 0.0589. The summed E-state index contributed by atoms with van der Waals surface area (Å²) in [5.74, 6) is 0.153. The molecule has 3 aromatic rings. The summed E-state index contributed by atoms with van der Waals surface area (Å²) in [6, 6.07) is 9.46. The number of benzene rings is 1. The summed E-state index contributed by atoms with van der Waals surface area (Å²) in [5.41, 5.74) is 14.3. The minimum Gasteiger partial charge on any atom is -0.365 e. The summed E-state index contributed by atoms with van der Waals surface area (Å²) in [6.07, 6.45) is 7.15. The van der Waals surface area contributed by atoms with Crippen LogP contribution in [0.2, 0.25) is 0 Å². The van der Waals surface area contributed by atoms with E-state index < -0.39 is 5.91 Å². The van der Waals surface area contributed by atoms with Gasteiger partial charge in [0.2, 0.25) is 5.95 Å². The molecule has 1 unspecified atom stereocenters. The van der Waals surface area contributed by atoms with Crippen LogP contribution in [0.4, 0.5) is 17.5 Å². The summed E-state index contributed by atoms with van der Waals surface area (Å²) < 4.78 is 4.87. The van der Waals surface area contributed by atoms with E-state index >= 15 is 0 Å². The number of aromatic nitrogens is 3. The molecule has 1 aliphatic carbocycles. The summed E-state index contributed by atoms with van der Waals surface area (Å²) in [4.78, 5) is 20.5. The fourth-order valence-corrected chi connectivity index (χ4v) is 3.45. The molecular weight excluding hydrogens is 370 g/mol. The van der Waals surface area contributed by atoms with Gasteiger partial charge in [-0.1, -0.05) is 30.1 Å². The number of amides is 1. The second kappa shape index (κ2) is 8.27. The number of anilines is 3. The van der Waals surface area contributed by atoms with Crippen molar-refractivity contribution < 1.29 is 9.32 Å². The normalized spacial score (nSPS) is 18.9. The van der Waals surface area contributed by atoms with Crippen molar-refractivity contribution in [3.8, 4) is 11.3 Å². The first-order valence-corrected chi connectivity index (χ1v) is 9.57. The van der Waals surface area contributed by atoms with Crippen LogP contribution in [0.25, 0.3) is 11.3 Å². The van der Waals surface area contributed by atoms with Crippen LogP contribution in [-0.4, -0.2) is 33.1 Å². The number of rotatable bonds is 6. The quantitative estimate of drug-likeness (QED) is 0.500. The lowest BCUT2D eigenvalue weighted by atomic mass is 9.91. The van der Waals surface area contributed by atoms with Crippen LogP contribution in [0.15, 0.2) is 47.3 Å². The average molecular weight is 393 g/mol. The standard InChI is InChI=1S/C20H23N7O2/c21-15-3-1-2-4-17(15)25-20-23-11-14(18(22)28)19(26-20)24-13-7-5-12(6-8-13)16-9-10-29-27-16/h5-11,15,17H,1-4,21H2,(H2,22,28)(H2,23,24,25,26)/t15-,17?/m0/s1. The molecule has 6 N–H and O–H groups in total. The van der Waals surface area contributed by atoms with E-state index in [2.05, 4.69) is 25.8 Å². The smallest absolute Gasteiger partial charge is 0.254 e. The van der Waals surface area contributed by atoms with Crippen molar-refractivity contribution in [3.63, 3.8) is 0 Å². The predicted molar refractivity (Wildman–Crippen MR) is 110 cm³/mol. The minimum atomic E-state index is -0.604. The first kappa shape index (κ1) is 18.9. The van der Waals surface area contributed by atoms with Crippen molar-refractivity contribution in [1.82, 2.24) is 15.1 Å². The van der Waals surface area contributed by atoms with Crippen LogP contribution < -0.4 is 22.1 Å². The van der Waals surface area contributed by atoms with E-state index in [4.69, 9.17) is 16.0 Å².